The molecule has 1 saturated heterocycles. The molecule has 1 heteroatoms. The molecule has 0 saturated carbocycles. The Morgan fingerprint density at radius 1 is 1.18 bits per heavy atom. The Balaban J connectivity index is 0.00000289. The van der Waals surface area contributed by atoms with Crippen molar-refractivity contribution in [2.75, 3.05) is 20.1 Å². The summed E-state index contributed by atoms with van der Waals surface area (Å²) >= 11 is 0. The molecule has 0 aliphatic carbocycles. The van der Waals surface area contributed by atoms with E-state index in [4.69, 9.17) is 0 Å². The molecule has 0 spiro atoms. The Bertz CT molecular complexity index is 269. The number of rotatable bonds is 5. The molecule has 1 heterocycles. The topological polar surface area (TPSA) is 3.24 Å². The fourth-order valence-electron chi connectivity index (χ4n) is 2.41. The first kappa shape index (κ1) is 14.5. The van der Waals surface area contributed by atoms with Crippen molar-refractivity contribution in [1.82, 2.24) is 4.90 Å². The van der Waals surface area contributed by atoms with Crippen LogP contribution in [0.3, 0.4) is 0 Å². The second kappa shape index (κ2) is 7.71. The number of likely N-dealkylation sites (tertiary alicyclic amines) is 1. The summed E-state index contributed by atoms with van der Waals surface area (Å²) in [6.07, 6.45) is 11.4. The Labute approximate surface area is 109 Å². The maximum Gasteiger partial charge on any atom is 0 e. The van der Waals surface area contributed by atoms with Crippen molar-refractivity contribution in [2.24, 2.45) is 5.92 Å². The average molecular weight is 237 g/mol. The number of piperidine rings is 1. The molecule has 0 aromatic heterocycles. The highest BCUT2D eigenvalue weighted by Gasteiger charge is 2.15. The van der Waals surface area contributed by atoms with Crippen LogP contribution in [0.4, 0.5) is 0 Å². The zero-order valence-electron chi connectivity index (χ0n) is 12.1. The van der Waals surface area contributed by atoms with Crippen molar-refractivity contribution in [3.8, 4) is 0 Å². The molecule has 0 aromatic rings. The highest BCUT2D eigenvalue weighted by molar-refractivity contribution is 5.13. The van der Waals surface area contributed by atoms with Gasteiger partial charge in [-0.15, -0.1) is 0 Å². The van der Waals surface area contributed by atoms with Crippen molar-refractivity contribution in [3.05, 3.63) is 23.3 Å². The summed E-state index contributed by atoms with van der Waals surface area (Å²) in [5.74, 6) is 0.988. The van der Waals surface area contributed by atoms with Gasteiger partial charge in [0.1, 0.15) is 0 Å². The minimum absolute atomic E-state index is 0. The predicted octanol–water partition coefficient (Wildman–Crippen LogP) is 4.66. The molecule has 0 unspecified atom stereocenters. The van der Waals surface area contributed by atoms with E-state index in [-0.39, 0.29) is 1.43 Å². The fraction of sp³-hybridized carbons (Fsp3) is 0.750. The van der Waals surface area contributed by atoms with Crippen molar-refractivity contribution in [3.63, 3.8) is 0 Å². The second-order valence-electron chi connectivity index (χ2n) is 5.90. The first-order chi connectivity index (χ1) is 8.08. The van der Waals surface area contributed by atoms with Gasteiger partial charge in [0, 0.05) is 1.43 Å². The van der Waals surface area contributed by atoms with Crippen LogP contribution in [-0.4, -0.2) is 25.0 Å². The summed E-state index contributed by atoms with van der Waals surface area (Å²) in [5.41, 5.74) is 2.92. The van der Waals surface area contributed by atoms with Crippen LogP contribution in [0, 0.1) is 5.92 Å². The molecule has 1 fully saturated rings. The monoisotopic (exact) mass is 237 g/mol. The summed E-state index contributed by atoms with van der Waals surface area (Å²) in [6.45, 7) is 9.17. The SMILES string of the molecule is CC(C)=C/C=C(\C)CCCC1CCN(C)CC1.[HH]. The summed E-state index contributed by atoms with van der Waals surface area (Å²) in [7, 11) is 2.24. The standard InChI is InChI=1S/C16H29N.H2/c1-14(2)8-9-15(3)6-5-7-16-10-12-17(4)13-11-16;/h8-9,16H,5-7,10-13H2,1-4H3;1H/b15-9+;. The van der Waals surface area contributed by atoms with E-state index in [0.29, 0.717) is 0 Å². The van der Waals surface area contributed by atoms with Crippen molar-refractivity contribution < 1.29 is 1.43 Å². The van der Waals surface area contributed by atoms with Gasteiger partial charge in [0.15, 0.2) is 0 Å². The van der Waals surface area contributed by atoms with Gasteiger partial charge in [-0.05, 0) is 72.5 Å². The van der Waals surface area contributed by atoms with Crippen molar-refractivity contribution in [2.45, 2.75) is 52.9 Å². The Morgan fingerprint density at radius 2 is 1.82 bits per heavy atom. The Kier molecular flexibility index (Phi) is 6.57. The molecular formula is C16H31N. The van der Waals surface area contributed by atoms with Crippen LogP contribution in [0.2, 0.25) is 0 Å². The van der Waals surface area contributed by atoms with E-state index in [1.807, 2.05) is 0 Å². The van der Waals surface area contributed by atoms with E-state index in [9.17, 15) is 0 Å². The summed E-state index contributed by atoms with van der Waals surface area (Å²) < 4.78 is 0. The molecule has 1 aliphatic heterocycles. The normalized spacial score (nSPS) is 19.4. The molecule has 0 amide bonds. The Morgan fingerprint density at radius 3 is 2.41 bits per heavy atom. The van der Waals surface area contributed by atoms with Crippen LogP contribution in [0.25, 0.3) is 0 Å². The highest BCUT2D eigenvalue weighted by Crippen LogP contribution is 2.22. The van der Waals surface area contributed by atoms with Crippen molar-refractivity contribution >= 4 is 0 Å². The quantitative estimate of drug-likeness (QED) is 0.629. The highest BCUT2D eigenvalue weighted by atomic mass is 15.1. The van der Waals surface area contributed by atoms with Gasteiger partial charge < -0.3 is 4.90 Å². The minimum atomic E-state index is 0. The third-order valence-electron chi connectivity index (χ3n) is 3.72. The second-order valence-corrected chi connectivity index (χ2v) is 5.90. The van der Waals surface area contributed by atoms with Gasteiger partial charge in [0.25, 0.3) is 0 Å². The van der Waals surface area contributed by atoms with Gasteiger partial charge in [-0.2, -0.15) is 0 Å². The van der Waals surface area contributed by atoms with Crippen LogP contribution < -0.4 is 0 Å². The molecule has 1 rings (SSSR count). The molecule has 0 atom stereocenters. The number of nitrogens with zero attached hydrogens (tertiary/aromatic N) is 1. The molecular weight excluding hydrogens is 206 g/mol. The van der Waals surface area contributed by atoms with Gasteiger partial charge >= 0.3 is 0 Å². The molecule has 0 N–H and O–H groups in total. The molecule has 17 heavy (non-hydrogen) atoms. The lowest BCUT2D eigenvalue weighted by molar-refractivity contribution is 0.210. The zero-order valence-corrected chi connectivity index (χ0v) is 12.1. The summed E-state index contributed by atoms with van der Waals surface area (Å²) in [5, 5.41) is 0. The predicted molar refractivity (Wildman–Crippen MR) is 79.4 cm³/mol. The summed E-state index contributed by atoms with van der Waals surface area (Å²) in [4.78, 5) is 2.45. The third kappa shape index (κ3) is 6.68. The molecule has 100 valence electrons. The van der Waals surface area contributed by atoms with Gasteiger partial charge in [-0.1, -0.05) is 29.7 Å². The largest absolute Gasteiger partial charge is 0.306 e. The van der Waals surface area contributed by atoms with Crippen LogP contribution in [0.15, 0.2) is 23.3 Å². The molecule has 1 aliphatic rings. The van der Waals surface area contributed by atoms with E-state index in [2.05, 4.69) is 44.9 Å². The van der Waals surface area contributed by atoms with Gasteiger partial charge in [0.05, 0.1) is 0 Å². The van der Waals surface area contributed by atoms with Crippen molar-refractivity contribution in [1.29, 1.82) is 0 Å². The first-order valence-electron chi connectivity index (χ1n) is 7.07. The Hall–Kier alpha value is -0.560. The fourth-order valence-corrected chi connectivity index (χ4v) is 2.41. The van der Waals surface area contributed by atoms with Crippen LogP contribution in [-0.2, 0) is 0 Å². The van der Waals surface area contributed by atoms with Gasteiger partial charge in [-0.3, -0.25) is 0 Å². The minimum Gasteiger partial charge on any atom is -0.306 e. The number of hydrogen-bond acceptors (Lipinski definition) is 1. The van der Waals surface area contributed by atoms with E-state index in [1.54, 1.807) is 0 Å². The van der Waals surface area contributed by atoms with Gasteiger partial charge in [-0.25, -0.2) is 0 Å². The molecule has 0 bridgehead atoms. The molecule has 0 radical (unpaired) electrons. The maximum absolute atomic E-state index is 2.45. The van der Waals surface area contributed by atoms with E-state index < -0.39 is 0 Å². The zero-order chi connectivity index (χ0) is 12.7. The van der Waals surface area contributed by atoms with E-state index >= 15 is 0 Å². The average Bonchev–Trinajstić information content (AvgIpc) is 2.29. The summed E-state index contributed by atoms with van der Waals surface area (Å²) in [6, 6.07) is 0. The third-order valence-corrected chi connectivity index (χ3v) is 3.72. The number of allylic oxidation sites excluding steroid dienone is 4. The smallest absolute Gasteiger partial charge is 0 e. The maximum atomic E-state index is 2.45. The van der Waals surface area contributed by atoms with Crippen LogP contribution >= 0.6 is 0 Å². The number of hydrogen-bond donors (Lipinski definition) is 0. The molecule has 0 aromatic carbocycles. The molecule has 1 nitrogen and oxygen atoms in total. The van der Waals surface area contributed by atoms with E-state index in [0.717, 1.165) is 5.92 Å². The lowest BCUT2D eigenvalue weighted by Crippen LogP contribution is -2.30. The van der Waals surface area contributed by atoms with Crippen LogP contribution in [0.5, 0.6) is 0 Å². The first-order valence-corrected chi connectivity index (χ1v) is 7.07. The lowest BCUT2D eigenvalue weighted by atomic mass is 9.91. The van der Waals surface area contributed by atoms with Gasteiger partial charge in [0.2, 0.25) is 0 Å². The van der Waals surface area contributed by atoms with Crippen LogP contribution in [0.1, 0.15) is 54.3 Å². The lowest BCUT2D eigenvalue weighted by Gasteiger charge is -2.28. The van der Waals surface area contributed by atoms with E-state index in [1.165, 1.54) is 56.3 Å².